The fourth-order valence-corrected chi connectivity index (χ4v) is 1.79. The molecule has 0 fully saturated rings. The highest BCUT2D eigenvalue weighted by Gasteiger charge is 2.36. The molecule has 0 aromatic heterocycles. The van der Waals surface area contributed by atoms with Crippen LogP contribution in [0.5, 0.6) is 0 Å². The van der Waals surface area contributed by atoms with E-state index in [9.17, 15) is 18.8 Å². The zero-order chi connectivity index (χ0) is 14.7. The standard InChI is InChI=1S/C15H11FO4/c1-9-7-13(18)14(15(19)20-9)12(17)6-5-10-3-2-4-11(16)8-10/h2-8,14H,1H3. The van der Waals surface area contributed by atoms with E-state index in [0.29, 0.717) is 5.56 Å². The minimum Gasteiger partial charge on any atom is -0.430 e. The molecule has 4 nitrogen and oxygen atoms in total. The first-order chi connectivity index (χ1) is 9.47. The van der Waals surface area contributed by atoms with E-state index in [4.69, 9.17) is 4.74 Å². The molecule has 0 radical (unpaired) electrons. The van der Waals surface area contributed by atoms with Gasteiger partial charge in [-0.3, -0.25) is 14.4 Å². The SMILES string of the molecule is CC1=CC(=O)C(C(=O)C=Cc2cccc(F)c2)C(=O)O1. The lowest BCUT2D eigenvalue weighted by molar-refractivity contribution is -0.151. The maximum absolute atomic E-state index is 13.0. The largest absolute Gasteiger partial charge is 0.430 e. The van der Waals surface area contributed by atoms with Crippen LogP contribution < -0.4 is 0 Å². The van der Waals surface area contributed by atoms with Crippen molar-refractivity contribution in [3.63, 3.8) is 0 Å². The van der Waals surface area contributed by atoms with Crippen LogP contribution in [-0.4, -0.2) is 17.5 Å². The van der Waals surface area contributed by atoms with E-state index in [-0.39, 0.29) is 5.76 Å². The fourth-order valence-electron chi connectivity index (χ4n) is 1.79. The predicted octanol–water partition coefficient (Wildman–Crippen LogP) is 2.05. The fraction of sp³-hybridized carbons (Fsp3) is 0.133. The van der Waals surface area contributed by atoms with Gasteiger partial charge in [0, 0.05) is 6.08 Å². The Labute approximate surface area is 114 Å². The maximum Gasteiger partial charge on any atom is 0.329 e. The summed E-state index contributed by atoms with van der Waals surface area (Å²) in [7, 11) is 0. The number of ketones is 2. The number of rotatable bonds is 3. The molecule has 0 spiro atoms. The molecule has 5 heteroatoms. The Morgan fingerprint density at radius 1 is 1.35 bits per heavy atom. The second-order valence-electron chi connectivity index (χ2n) is 4.30. The molecule has 1 atom stereocenters. The Morgan fingerprint density at radius 2 is 2.10 bits per heavy atom. The number of hydrogen-bond donors (Lipinski definition) is 0. The van der Waals surface area contributed by atoms with Gasteiger partial charge >= 0.3 is 5.97 Å². The third kappa shape index (κ3) is 3.06. The number of carbonyl (C=O) groups is 3. The second kappa shape index (κ2) is 5.61. The summed E-state index contributed by atoms with van der Waals surface area (Å²) in [6.07, 6.45) is 3.53. The quantitative estimate of drug-likeness (QED) is 0.481. The van der Waals surface area contributed by atoms with Gasteiger partial charge in [-0.2, -0.15) is 0 Å². The summed E-state index contributed by atoms with van der Waals surface area (Å²) in [4.78, 5) is 35.0. The third-order valence-corrected chi connectivity index (χ3v) is 2.70. The Hall–Kier alpha value is -2.56. The Balaban J connectivity index is 2.16. The van der Waals surface area contributed by atoms with Crippen molar-refractivity contribution >= 4 is 23.6 Å². The van der Waals surface area contributed by atoms with E-state index in [0.717, 1.165) is 12.2 Å². The normalized spacial score (nSPS) is 18.9. The molecule has 20 heavy (non-hydrogen) atoms. The average molecular weight is 274 g/mol. The first-order valence-electron chi connectivity index (χ1n) is 5.89. The molecule has 0 N–H and O–H groups in total. The van der Waals surface area contributed by atoms with Crippen LogP contribution in [0.25, 0.3) is 6.08 Å². The van der Waals surface area contributed by atoms with Gasteiger partial charge in [0.2, 0.25) is 0 Å². The first kappa shape index (κ1) is 13.9. The number of allylic oxidation sites excluding steroid dienone is 3. The highest BCUT2D eigenvalue weighted by atomic mass is 19.1. The van der Waals surface area contributed by atoms with Crippen molar-refractivity contribution in [2.75, 3.05) is 0 Å². The molecule has 1 aliphatic heterocycles. The predicted molar refractivity (Wildman–Crippen MR) is 68.8 cm³/mol. The van der Waals surface area contributed by atoms with Crippen molar-refractivity contribution in [2.45, 2.75) is 6.92 Å². The van der Waals surface area contributed by atoms with Gasteiger partial charge < -0.3 is 4.74 Å². The van der Waals surface area contributed by atoms with Gasteiger partial charge in [-0.25, -0.2) is 4.39 Å². The number of esters is 1. The summed E-state index contributed by atoms with van der Waals surface area (Å²) in [5, 5.41) is 0. The van der Waals surface area contributed by atoms with Gasteiger partial charge in [-0.1, -0.05) is 18.2 Å². The van der Waals surface area contributed by atoms with Crippen molar-refractivity contribution in [1.29, 1.82) is 0 Å². The van der Waals surface area contributed by atoms with Crippen molar-refractivity contribution in [3.8, 4) is 0 Å². The summed E-state index contributed by atoms with van der Waals surface area (Å²) in [6.45, 7) is 1.46. The van der Waals surface area contributed by atoms with Gasteiger partial charge in [-0.05, 0) is 30.7 Å². The number of halogens is 1. The average Bonchev–Trinajstić information content (AvgIpc) is 2.35. The smallest absolute Gasteiger partial charge is 0.329 e. The van der Waals surface area contributed by atoms with Crippen molar-refractivity contribution in [2.24, 2.45) is 5.92 Å². The molecule has 0 amide bonds. The van der Waals surface area contributed by atoms with Crippen molar-refractivity contribution < 1.29 is 23.5 Å². The zero-order valence-corrected chi connectivity index (χ0v) is 10.6. The molecule has 1 aromatic carbocycles. The van der Waals surface area contributed by atoms with Crippen LogP contribution in [0.15, 0.2) is 42.2 Å². The Kier molecular flexibility index (Phi) is 3.89. The number of carbonyl (C=O) groups excluding carboxylic acids is 3. The van der Waals surface area contributed by atoms with Crippen LogP contribution in [-0.2, 0) is 19.1 Å². The minimum absolute atomic E-state index is 0.165. The van der Waals surface area contributed by atoms with Crippen LogP contribution in [0.3, 0.4) is 0 Å². The highest BCUT2D eigenvalue weighted by molar-refractivity contribution is 6.25. The lowest BCUT2D eigenvalue weighted by atomic mass is 9.96. The van der Waals surface area contributed by atoms with Crippen molar-refractivity contribution in [3.05, 3.63) is 53.6 Å². The van der Waals surface area contributed by atoms with E-state index in [2.05, 4.69) is 0 Å². The van der Waals surface area contributed by atoms with Crippen LogP contribution in [0.2, 0.25) is 0 Å². The van der Waals surface area contributed by atoms with Crippen LogP contribution in [0.1, 0.15) is 12.5 Å². The van der Waals surface area contributed by atoms with Crippen LogP contribution >= 0.6 is 0 Å². The monoisotopic (exact) mass is 274 g/mol. The summed E-state index contributed by atoms with van der Waals surface area (Å²) in [6, 6.07) is 5.59. The molecule has 0 bridgehead atoms. The lowest BCUT2D eigenvalue weighted by Gasteiger charge is -2.15. The van der Waals surface area contributed by atoms with Gasteiger partial charge in [0.05, 0.1) is 0 Å². The molecule has 0 saturated carbocycles. The summed E-state index contributed by atoms with van der Waals surface area (Å²) < 4.78 is 17.7. The number of cyclic esters (lactones) is 1. The second-order valence-corrected chi connectivity index (χ2v) is 4.30. The summed E-state index contributed by atoms with van der Waals surface area (Å²) >= 11 is 0. The van der Waals surface area contributed by atoms with E-state index >= 15 is 0 Å². The van der Waals surface area contributed by atoms with E-state index in [1.54, 1.807) is 6.07 Å². The van der Waals surface area contributed by atoms with Gasteiger partial charge in [0.25, 0.3) is 0 Å². The van der Waals surface area contributed by atoms with Crippen LogP contribution in [0, 0.1) is 11.7 Å². The van der Waals surface area contributed by atoms with Crippen LogP contribution in [0.4, 0.5) is 4.39 Å². The zero-order valence-electron chi connectivity index (χ0n) is 10.6. The number of benzene rings is 1. The lowest BCUT2D eigenvalue weighted by Crippen LogP contribution is -2.34. The number of ether oxygens (including phenoxy) is 1. The summed E-state index contributed by atoms with van der Waals surface area (Å²) in [5.74, 6) is -3.92. The molecule has 0 saturated heterocycles. The van der Waals surface area contributed by atoms with Crippen molar-refractivity contribution in [1.82, 2.24) is 0 Å². The molecule has 1 unspecified atom stereocenters. The molecule has 102 valence electrons. The molecule has 1 heterocycles. The molecular formula is C15H11FO4. The van der Waals surface area contributed by atoms with E-state index in [1.807, 2.05) is 0 Å². The van der Waals surface area contributed by atoms with E-state index < -0.39 is 29.3 Å². The van der Waals surface area contributed by atoms with Gasteiger partial charge in [0.1, 0.15) is 11.6 Å². The molecule has 2 rings (SSSR count). The van der Waals surface area contributed by atoms with Gasteiger partial charge in [0.15, 0.2) is 17.5 Å². The molecule has 1 aromatic rings. The summed E-state index contributed by atoms with van der Waals surface area (Å²) in [5.41, 5.74) is 0.460. The maximum atomic E-state index is 13.0. The van der Waals surface area contributed by atoms with Gasteiger partial charge in [-0.15, -0.1) is 0 Å². The molecular weight excluding hydrogens is 263 g/mol. The number of hydrogen-bond acceptors (Lipinski definition) is 4. The third-order valence-electron chi connectivity index (χ3n) is 2.70. The highest BCUT2D eigenvalue weighted by Crippen LogP contribution is 2.16. The first-order valence-corrected chi connectivity index (χ1v) is 5.89. The van der Waals surface area contributed by atoms with E-state index in [1.165, 1.54) is 31.2 Å². The minimum atomic E-state index is -1.47. The molecule has 0 aliphatic carbocycles. The molecule has 1 aliphatic rings. The topological polar surface area (TPSA) is 60.4 Å². The Morgan fingerprint density at radius 3 is 2.75 bits per heavy atom. The Bertz CT molecular complexity index is 643.